The van der Waals surface area contributed by atoms with E-state index < -0.39 is 6.10 Å². The van der Waals surface area contributed by atoms with Gasteiger partial charge in [0.15, 0.2) is 0 Å². The predicted octanol–water partition coefficient (Wildman–Crippen LogP) is 2.42. The first-order valence-corrected chi connectivity index (χ1v) is 6.01. The van der Waals surface area contributed by atoms with Crippen LogP contribution >= 0.6 is 0 Å². The third kappa shape index (κ3) is 3.08. The molecule has 3 heteroatoms. The smallest absolute Gasteiger partial charge is 0.0831 e. The average molecular weight is 242 g/mol. The lowest BCUT2D eigenvalue weighted by molar-refractivity contribution is 0.178. The standard InChI is InChI=1S/C15H18N2O/c1-17(2)14-5-3-4-13(11-14)15(18)10-12-6-8-16-9-7-12/h3-9,11,15,18H,10H2,1-2H3. The van der Waals surface area contributed by atoms with Gasteiger partial charge in [0.25, 0.3) is 0 Å². The number of aliphatic hydroxyl groups is 1. The molecular formula is C15H18N2O. The highest BCUT2D eigenvalue weighted by Gasteiger charge is 2.09. The number of benzene rings is 1. The molecule has 1 aromatic heterocycles. The number of hydrogen-bond acceptors (Lipinski definition) is 3. The zero-order valence-electron chi connectivity index (χ0n) is 10.7. The number of anilines is 1. The largest absolute Gasteiger partial charge is 0.388 e. The summed E-state index contributed by atoms with van der Waals surface area (Å²) in [5, 5.41) is 10.2. The Morgan fingerprint density at radius 2 is 1.89 bits per heavy atom. The van der Waals surface area contributed by atoms with Crippen LogP contribution in [0.15, 0.2) is 48.8 Å². The zero-order chi connectivity index (χ0) is 13.0. The molecule has 1 atom stereocenters. The SMILES string of the molecule is CN(C)c1cccc(C(O)Cc2ccncc2)c1. The van der Waals surface area contributed by atoms with Crippen LogP contribution in [0, 0.1) is 0 Å². The maximum atomic E-state index is 10.2. The minimum Gasteiger partial charge on any atom is -0.388 e. The molecule has 0 amide bonds. The summed E-state index contributed by atoms with van der Waals surface area (Å²) in [6, 6.07) is 11.8. The van der Waals surface area contributed by atoms with E-state index in [1.165, 1.54) is 0 Å². The molecule has 1 heterocycles. The maximum absolute atomic E-state index is 10.2. The van der Waals surface area contributed by atoms with Crippen LogP contribution in [-0.4, -0.2) is 24.2 Å². The molecule has 0 saturated carbocycles. The summed E-state index contributed by atoms with van der Waals surface area (Å²) in [5.41, 5.74) is 3.13. The normalized spacial score (nSPS) is 12.2. The van der Waals surface area contributed by atoms with E-state index in [0.29, 0.717) is 6.42 Å². The Balaban J connectivity index is 2.14. The summed E-state index contributed by atoms with van der Waals surface area (Å²) in [5.74, 6) is 0. The Morgan fingerprint density at radius 3 is 2.56 bits per heavy atom. The van der Waals surface area contributed by atoms with Crippen molar-refractivity contribution in [3.63, 3.8) is 0 Å². The van der Waals surface area contributed by atoms with Crippen molar-refractivity contribution in [1.29, 1.82) is 0 Å². The number of pyridine rings is 1. The highest BCUT2D eigenvalue weighted by Crippen LogP contribution is 2.22. The summed E-state index contributed by atoms with van der Waals surface area (Å²) in [6.45, 7) is 0. The van der Waals surface area contributed by atoms with E-state index in [1.54, 1.807) is 12.4 Å². The van der Waals surface area contributed by atoms with Crippen molar-refractivity contribution in [3.05, 3.63) is 59.9 Å². The van der Waals surface area contributed by atoms with E-state index in [2.05, 4.69) is 4.98 Å². The summed E-state index contributed by atoms with van der Waals surface area (Å²) >= 11 is 0. The van der Waals surface area contributed by atoms with Gasteiger partial charge in [-0.3, -0.25) is 4.98 Å². The van der Waals surface area contributed by atoms with Crippen LogP contribution in [0.25, 0.3) is 0 Å². The van der Waals surface area contributed by atoms with Crippen LogP contribution < -0.4 is 4.90 Å². The van der Waals surface area contributed by atoms with E-state index in [1.807, 2.05) is 55.4 Å². The lowest BCUT2D eigenvalue weighted by Gasteiger charge is -2.16. The van der Waals surface area contributed by atoms with Gasteiger partial charge < -0.3 is 10.0 Å². The molecule has 0 saturated heterocycles. The number of aromatic nitrogens is 1. The van der Waals surface area contributed by atoms with Crippen molar-refractivity contribution >= 4 is 5.69 Å². The molecule has 2 aromatic rings. The quantitative estimate of drug-likeness (QED) is 0.894. The Labute approximate surface area is 108 Å². The van der Waals surface area contributed by atoms with Gasteiger partial charge in [0.05, 0.1) is 6.10 Å². The number of nitrogens with zero attached hydrogens (tertiary/aromatic N) is 2. The Morgan fingerprint density at radius 1 is 1.17 bits per heavy atom. The first-order chi connectivity index (χ1) is 8.66. The highest BCUT2D eigenvalue weighted by molar-refractivity contribution is 5.47. The molecule has 0 aliphatic heterocycles. The van der Waals surface area contributed by atoms with Gasteiger partial charge in [0.2, 0.25) is 0 Å². The molecule has 3 nitrogen and oxygen atoms in total. The van der Waals surface area contributed by atoms with Crippen LogP contribution in [-0.2, 0) is 6.42 Å². The molecule has 2 rings (SSSR count). The van der Waals surface area contributed by atoms with Gasteiger partial charge in [-0.25, -0.2) is 0 Å². The molecule has 94 valence electrons. The van der Waals surface area contributed by atoms with E-state index in [4.69, 9.17) is 0 Å². The summed E-state index contributed by atoms with van der Waals surface area (Å²) in [4.78, 5) is 6.00. The summed E-state index contributed by atoms with van der Waals surface area (Å²) in [7, 11) is 3.99. The van der Waals surface area contributed by atoms with Gasteiger partial charge in [-0.2, -0.15) is 0 Å². The topological polar surface area (TPSA) is 36.4 Å². The van der Waals surface area contributed by atoms with Gasteiger partial charge in [-0.05, 0) is 35.4 Å². The fraction of sp³-hybridized carbons (Fsp3) is 0.267. The molecule has 0 spiro atoms. The molecule has 1 N–H and O–H groups in total. The lowest BCUT2D eigenvalue weighted by atomic mass is 10.0. The molecule has 0 aliphatic carbocycles. The van der Waals surface area contributed by atoms with Gasteiger partial charge in [0, 0.05) is 38.6 Å². The molecular weight excluding hydrogens is 224 g/mol. The minimum absolute atomic E-state index is 0.479. The van der Waals surface area contributed by atoms with Gasteiger partial charge in [-0.1, -0.05) is 12.1 Å². The summed E-state index contributed by atoms with van der Waals surface area (Å²) < 4.78 is 0. The van der Waals surface area contributed by atoms with Crippen molar-refractivity contribution in [2.45, 2.75) is 12.5 Å². The van der Waals surface area contributed by atoms with Crippen molar-refractivity contribution in [1.82, 2.24) is 4.98 Å². The third-order valence-electron chi connectivity index (χ3n) is 2.95. The molecule has 1 unspecified atom stereocenters. The monoisotopic (exact) mass is 242 g/mol. The van der Waals surface area contributed by atoms with Gasteiger partial charge >= 0.3 is 0 Å². The van der Waals surface area contributed by atoms with Crippen molar-refractivity contribution in [2.75, 3.05) is 19.0 Å². The fourth-order valence-corrected chi connectivity index (χ4v) is 1.87. The first kappa shape index (κ1) is 12.6. The Bertz CT molecular complexity index is 497. The van der Waals surface area contributed by atoms with Crippen LogP contribution in [0.4, 0.5) is 5.69 Å². The fourth-order valence-electron chi connectivity index (χ4n) is 1.87. The number of aliphatic hydroxyl groups excluding tert-OH is 1. The third-order valence-corrected chi connectivity index (χ3v) is 2.95. The second-order valence-electron chi connectivity index (χ2n) is 4.56. The Hall–Kier alpha value is -1.87. The highest BCUT2D eigenvalue weighted by atomic mass is 16.3. The number of rotatable bonds is 4. The second kappa shape index (κ2) is 5.65. The molecule has 0 aliphatic rings. The average Bonchev–Trinajstić information content (AvgIpc) is 2.40. The minimum atomic E-state index is -0.479. The lowest BCUT2D eigenvalue weighted by Crippen LogP contribution is -2.10. The van der Waals surface area contributed by atoms with Crippen LogP contribution in [0.3, 0.4) is 0 Å². The van der Waals surface area contributed by atoms with Crippen LogP contribution in [0.2, 0.25) is 0 Å². The second-order valence-corrected chi connectivity index (χ2v) is 4.56. The number of hydrogen-bond donors (Lipinski definition) is 1. The van der Waals surface area contributed by atoms with E-state index in [-0.39, 0.29) is 0 Å². The van der Waals surface area contributed by atoms with Crippen molar-refractivity contribution < 1.29 is 5.11 Å². The predicted molar refractivity (Wildman–Crippen MR) is 73.7 cm³/mol. The molecule has 0 bridgehead atoms. The molecule has 0 radical (unpaired) electrons. The van der Waals surface area contributed by atoms with E-state index >= 15 is 0 Å². The van der Waals surface area contributed by atoms with E-state index in [0.717, 1.165) is 16.8 Å². The molecule has 0 fully saturated rings. The summed E-state index contributed by atoms with van der Waals surface area (Å²) in [6.07, 6.45) is 3.63. The zero-order valence-corrected chi connectivity index (χ0v) is 10.7. The Kier molecular flexibility index (Phi) is 3.95. The maximum Gasteiger partial charge on any atom is 0.0831 e. The van der Waals surface area contributed by atoms with E-state index in [9.17, 15) is 5.11 Å². The van der Waals surface area contributed by atoms with Gasteiger partial charge in [-0.15, -0.1) is 0 Å². The van der Waals surface area contributed by atoms with Crippen LogP contribution in [0.5, 0.6) is 0 Å². The first-order valence-electron chi connectivity index (χ1n) is 6.01. The molecule has 18 heavy (non-hydrogen) atoms. The van der Waals surface area contributed by atoms with Crippen LogP contribution in [0.1, 0.15) is 17.2 Å². The molecule has 1 aromatic carbocycles. The van der Waals surface area contributed by atoms with Gasteiger partial charge in [0.1, 0.15) is 0 Å². The van der Waals surface area contributed by atoms with Crippen molar-refractivity contribution in [2.24, 2.45) is 0 Å². The van der Waals surface area contributed by atoms with Crippen molar-refractivity contribution in [3.8, 4) is 0 Å².